The number of benzene rings is 1. The van der Waals surface area contributed by atoms with E-state index in [1.165, 1.54) is 16.0 Å². The summed E-state index contributed by atoms with van der Waals surface area (Å²) in [7, 11) is 0. The zero-order valence-corrected chi connectivity index (χ0v) is 13.7. The first kappa shape index (κ1) is 14.0. The number of aryl methyl sites for hydroxylation is 1. The molecule has 4 rings (SSSR count). The van der Waals surface area contributed by atoms with Gasteiger partial charge >= 0.3 is 0 Å². The number of aromatic nitrogens is 2. The van der Waals surface area contributed by atoms with Crippen molar-refractivity contribution in [3.8, 4) is 10.6 Å². The number of fused-ring (bicyclic) bond motifs is 1. The lowest BCUT2D eigenvalue weighted by Gasteiger charge is -2.08. The number of nitrogens with zero attached hydrogens (tertiary/aromatic N) is 2. The molecule has 114 valence electrons. The van der Waals surface area contributed by atoms with E-state index < -0.39 is 0 Å². The maximum atomic E-state index is 4.88. The van der Waals surface area contributed by atoms with Crippen molar-refractivity contribution >= 4 is 22.8 Å². The van der Waals surface area contributed by atoms with Gasteiger partial charge in [-0.25, -0.2) is 4.98 Å². The van der Waals surface area contributed by atoms with Crippen molar-refractivity contribution in [3.05, 3.63) is 77.3 Å². The Hall–Kier alpha value is -2.59. The molecule has 0 saturated heterocycles. The van der Waals surface area contributed by atoms with Gasteiger partial charge in [0, 0.05) is 12.7 Å². The Labute approximate surface area is 139 Å². The number of imidazole rings is 1. The molecule has 3 nitrogen and oxygen atoms in total. The van der Waals surface area contributed by atoms with Gasteiger partial charge in [0.25, 0.3) is 0 Å². The van der Waals surface area contributed by atoms with Crippen molar-refractivity contribution in [3.63, 3.8) is 0 Å². The van der Waals surface area contributed by atoms with Crippen molar-refractivity contribution in [1.82, 2.24) is 9.38 Å². The zero-order chi connectivity index (χ0) is 15.6. The van der Waals surface area contributed by atoms with Gasteiger partial charge < -0.3 is 5.32 Å². The second-order valence-corrected chi connectivity index (χ2v) is 6.46. The molecule has 1 aromatic carbocycles. The Morgan fingerprint density at radius 3 is 2.70 bits per heavy atom. The molecule has 3 aromatic heterocycles. The lowest BCUT2D eigenvalue weighted by Crippen LogP contribution is -2.03. The molecule has 0 unspecified atom stereocenters. The smallest absolute Gasteiger partial charge is 0.142 e. The summed E-state index contributed by atoms with van der Waals surface area (Å²) in [4.78, 5) is 6.06. The lowest BCUT2D eigenvalue weighted by atomic mass is 10.2. The molecule has 0 radical (unpaired) electrons. The second-order valence-electron chi connectivity index (χ2n) is 5.51. The van der Waals surface area contributed by atoms with Crippen LogP contribution in [0, 0.1) is 6.92 Å². The van der Waals surface area contributed by atoms with Gasteiger partial charge in [0.2, 0.25) is 0 Å². The van der Waals surface area contributed by atoms with Gasteiger partial charge in [-0.05, 0) is 35.6 Å². The summed E-state index contributed by atoms with van der Waals surface area (Å²) in [6, 6.07) is 18.8. The Morgan fingerprint density at radius 1 is 1.04 bits per heavy atom. The molecule has 0 aliphatic heterocycles. The van der Waals surface area contributed by atoms with Crippen LogP contribution in [0.5, 0.6) is 0 Å². The van der Waals surface area contributed by atoms with Crippen molar-refractivity contribution < 1.29 is 0 Å². The SMILES string of the molecule is Cc1cccn2c(NCc3ccccc3)c(-c3cccs3)nc12. The molecular formula is C19H17N3S. The van der Waals surface area contributed by atoms with Crippen LogP contribution < -0.4 is 5.32 Å². The molecule has 0 amide bonds. The molecule has 0 atom stereocenters. The minimum absolute atomic E-state index is 0.779. The van der Waals surface area contributed by atoms with E-state index in [0.29, 0.717) is 0 Å². The number of hydrogen-bond acceptors (Lipinski definition) is 3. The van der Waals surface area contributed by atoms with Crippen LogP contribution in [0.3, 0.4) is 0 Å². The highest BCUT2D eigenvalue weighted by Gasteiger charge is 2.15. The third-order valence-electron chi connectivity index (χ3n) is 3.90. The van der Waals surface area contributed by atoms with Crippen molar-refractivity contribution in [2.45, 2.75) is 13.5 Å². The van der Waals surface area contributed by atoms with Gasteiger partial charge in [-0.1, -0.05) is 42.5 Å². The Balaban J connectivity index is 1.80. The molecule has 4 aromatic rings. The molecule has 0 fully saturated rings. The van der Waals surface area contributed by atoms with E-state index in [1.807, 2.05) is 6.07 Å². The standard InChI is InChI=1S/C19H17N3S/c1-14-7-5-11-22-18(14)21-17(16-10-6-12-23-16)19(22)20-13-15-8-3-2-4-9-15/h2-12,20H,13H2,1H3. The summed E-state index contributed by atoms with van der Waals surface area (Å²) < 4.78 is 2.15. The van der Waals surface area contributed by atoms with Gasteiger partial charge in [0.1, 0.15) is 17.2 Å². The van der Waals surface area contributed by atoms with Gasteiger partial charge in [-0.3, -0.25) is 4.40 Å². The summed E-state index contributed by atoms with van der Waals surface area (Å²) in [6.07, 6.45) is 2.07. The fourth-order valence-electron chi connectivity index (χ4n) is 2.74. The van der Waals surface area contributed by atoms with E-state index in [4.69, 9.17) is 4.98 Å². The Bertz CT molecular complexity index is 924. The van der Waals surface area contributed by atoms with Crippen LogP contribution in [0.4, 0.5) is 5.82 Å². The van der Waals surface area contributed by atoms with Gasteiger partial charge in [0.05, 0.1) is 4.88 Å². The normalized spacial score (nSPS) is 11.0. The topological polar surface area (TPSA) is 29.3 Å². The monoisotopic (exact) mass is 319 g/mol. The first-order valence-electron chi connectivity index (χ1n) is 7.62. The number of rotatable bonds is 4. The van der Waals surface area contributed by atoms with Crippen LogP contribution in [0.2, 0.25) is 0 Å². The van der Waals surface area contributed by atoms with Crippen molar-refractivity contribution in [2.24, 2.45) is 0 Å². The Kier molecular flexibility index (Phi) is 3.60. The van der Waals surface area contributed by atoms with Crippen LogP contribution in [0.1, 0.15) is 11.1 Å². The third kappa shape index (κ3) is 2.62. The van der Waals surface area contributed by atoms with E-state index in [1.54, 1.807) is 11.3 Å². The molecule has 4 heteroatoms. The van der Waals surface area contributed by atoms with Gasteiger partial charge in [-0.15, -0.1) is 11.3 Å². The molecule has 0 spiro atoms. The van der Waals surface area contributed by atoms with Crippen molar-refractivity contribution in [1.29, 1.82) is 0 Å². The number of thiophene rings is 1. The van der Waals surface area contributed by atoms with Crippen LogP contribution in [0.25, 0.3) is 16.2 Å². The number of anilines is 1. The molecular weight excluding hydrogens is 302 g/mol. The van der Waals surface area contributed by atoms with Crippen LogP contribution in [-0.4, -0.2) is 9.38 Å². The summed E-state index contributed by atoms with van der Waals surface area (Å²) >= 11 is 1.72. The van der Waals surface area contributed by atoms with E-state index in [0.717, 1.165) is 23.7 Å². The predicted octanol–water partition coefficient (Wildman–Crippen LogP) is 4.98. The van der Waals surface area contributed by atoms with Crippen LogP contribution in [0.15, 0.2) is 66.2 Å². The average Bonchev–Trinajstić information content (AvgIpc) is 3.22. The highest BCUT2D eigenvalue weighted by Crippen LogP contribution is 2.32. The maximum Gasteiger partial charge on any atom is 0.142 e. The molecule has 1 N–H and O–H groups in total. The molecule has 0 aliphatic rings. The average molecular weight is 319 g/mol. The molecule has 0 saturated carbocycles. The summed E-state index contributed by atoms with van der Waals surface area (Å²) in [6.45, 7) is 2.88. The summed E-state index contributed by atoms with van der Waals surface area (Å²) in [5.74, 6) is 1.05. The highest BCUT2D eigenvalue weighted by atomic mass is 32.1. The first-order chi connectivity index (χ1) is 11.3. The van der Waals surface area contributed by atoms with Crippen molar-refractivity contribution in [2.75, 3.05) is 5.32 Å². The zero-order valence-electron chi connectivity index (χ0n) is 12.9. The fourth-order valence-corrected chi connectivity index (χ4v) is 3.45. The largest absolute Gasteiger partial charge is 0.365 e. The van der Waals surface area contributed by atoms with Crippen LogP contribution in [-0.2, 0) is 6.54 Å². The third-order valence-corrected chi connectivity index (χ3v) is 4.78. The second kappa shape index (κ2) is 5.89. The summed E-state index contributed by atoms with van der Waals surface area (Å²) in [5, 5.41) is 5.67. The lowest BCUT2D eigenvalue weighted by molar-refractivity contribution is 1.08. The maximum absolute atomic E-state index is 4.88. The number of nitrogens with one attached hydrogen (secondary N) is 1. The predicted molar refractivity (Wildman–Crippen MR) is 97.0 cm³/mol. The minimum Gasteiger partial charge on any atom is -0.365 e. The highest BCUT2D eigenvalue weighted by molar-refractivity contribution is 7.13. The first-order valence-corrected chi connectivity index (χ1v) is 8.50. The molecule has 0 aliphatic carbocycles. The quantitative estimate of drug-likeness (QED) is 0.574. The van der Waals surface area contributed by atoms with Gasteiger partial charge in [0.15, 0.2) is 0 Å². The van der Waals surface area contributed by atoms with E-state index in [-0.39, 0.29) is 0 Å². The molecule has 0 bridgehead atoms. The summed E-state index contributed by atoms with van der Waals surface area (Å²) in [5.41, 5.74) is 4.46. The van der Waals surface area contributed by atoms with E-state index in [9.17, 15) is 0 Å². The van der Waals surface area contributed by atoms with E-state index in [2.05, 4.69) is 76.7 Å². The number of pyridine rings is 1. The van der Waals surface area contributed by atoms with E-state index >= 15 is 0 Å². The minimum atomic E-state index is 0.779. The molecule has 3 heterocycles. The van der Waals surface area contributed by atoms with Crippen LogP contribution >= 0.6 is 11.3 Å². The Morgan fingerprint density at radius 2 is 1.91 bits per heavy atom. The number of hydrogen-bond donors (Lipinski definition) is 1. The molecule has 23 heavy (non-hydrogen) atoms. The fraction of sp³-hybridized carbons (Fsp3) is 0.105. The van der Waals surface area contributed by atoms with Gasteiger partial charge in [-0.2, -0.15) is 0 Å².